The fraction of sp³-hybridized carbons (Fsp3) is 0.154. The summed E-state index contributed by atoms with van der Waals surface area (Å²) in [6, 6.07) is 6.96. The maximum atomic E-state index is 11.3. The summed E-state index contributed by atoms with van der Waals surface area (Å²) in [5.41, 5.74) is 7.33. The number of nitrogen functional groups attached to an aromatic ring is 1. The number of nitrogens with two attached hydrogens (primary N) is 1. The number of ether oxygens (including phenoxy) is 2. The molecule has 0 bridgehead atoms. The predicted octanol–water partition coefficient (Wildman–Crippen LogP) is 1.95. The van der Waals surface area contributed by atoms with Crippen LogP contribution in [0.1, 0.15) is 16.2 Å². The van der Waals surface area contributed by atoms with E-state index < -0.39 is 5.97 Å². The van der Waals surface area contributed by atoms with E-state index in [2.05, 4.69) is 14.7 Å². The molecule has 0 radical (unpaired) electrons. The predicted molar refractivity (Wildman–Crippen MR) is 69.0 cm³/mol. The van der Waals surface area contributed by atoms with Crippen LogP contribution in [0.15, 0.2) is 30.5 Å². The van der Waals surface area contributed by atoms with Crippen LogP contribution < -0.4 is 10.5 Å². The number of hydrogen-bond donors (Lipinski definition) is 1. The van der Waals surface area contributed by atoms with E-state index in [1.165, 1.54) is 19.4 Å². The van der Waals surface area contributed by atoms with Crippen molar-refractivity contribution in [3.05, 3.63) is 41.9 Å². The van der Waals surface area contributed by atoms with Gasteiger partial charge < -0.3 is 15.2 Å². The topological polar surface area (TPSA) is 87.3 Å². The van der Waals surface area contributed by atoms with Gasteiger partial charge in [0.05, 0.1) is 12.8 Å². The summed E-state index contributed by atoms with van der Waals surface area (Å²) in [7, 11) is 1.26. The number of carbonyl (C=O) groups is 1. The number of nitrogens with zero attached hydrogens (tertiary/aromatic N) is 2. The summed E-state index contributed by atoms with van der Waals surface area (Å²) in [5.74, 6) is 0.0242. The van der Waals surface area contributed by atoms with Gasteiger partial charge in [-0.3, -0.25) is 0 Å². The average Bonchev–Trinajstić information content (AvgIpc) is 2.43. The maximum absolute atomic E-state index is 11.3. The zero-order chi connectivity index (χ0) is 13.8. The lowest BCUT2D eigenvalue weighted by molar-refractivity contribution is 0.0585. The number of anilines is 1. The Bertz CT molecular complexity index is 614. The van der Waals surface area contributed by atoms with E-state index in [0.717, 1.165) is 5.56 Å². The zero-order valence-corrected chi connectivity index (χ0v) is 10.6. The summed E-state index contributed by atoms with van der Waals surface area (Å²) in [6.07, 6.45) is 1.42. The molecule has 0 amide bonds. The average molecular weight is 259 g/mol. The summed E-state index contributed by atoms with van der Waals surface area (Å²) in [4.78, 5) is 19.1. The standard InChI is InChI=1S/C13H13N3O3/c1-8-4-3-5-9(11(8)14)19-10-6-7-15-12(16-10)13(17)18-2/h3-7H,14H2,1-2H3. The van der Waals surface area contributed by atoms with E-state index in [1.54, 1.807) is 6.07 Å². The molecule has 2 N–H and O–H groups in total. The highest BCUT2D eigenvalue weighted by Gasteiger charge is 2.11. The van der Waals surface area contributed by atoms with Gasteiger partial charge in [0.25, 0.3) is 0 Å². The Balaban J connectivity index is 2.28. The molecule has 0 saturated carbocycles. The third-order valence-corrected chi connectivity index (χ3v) is 2.50. The number of rotatable bonds is 3. The van der Waals surface area contributed by atoms with Crippen molar-refractivity contribution in [3.63, 3.8) is 0 Å². The summed E-state index contributed by atoms with van der Waals surface area (Å²) >= 11 is 0. The Hall–Kier alpha value is -2.63. The van der Waals surface area contributed by atoms with Crippen molar-refractivity contribution in [2.75, 3.05) is 12.8 Å². The van der Waals surface area contributed by atoms with E-state index in [1.807, 2.05) is 19.1 Å². The van der Waals surface area contributed by atoms with Crippen LogP contribution in [-0.2, 0) is 4.74 Å². The van der Waals surface area contributed by atoms with Crippen LogP contribution in [0.3, 0.4) is 0 Å². The summed E-state index contributed by atoms with van der Waals surface area (Å²) in [5, 5.41) is 0. The molecule has 0 aliphatic carbocycles. The molecule has 2 aromatic rings. The van der Waals surface area contributed by atoms with Gasteiger partial charge in [0.2, 0.25) is 11.7 Å². The van der Waals surface area contributed by atoms with Gasteiger partial charge >= 0.3 is 5.97 Å². The molecule has 0 spiro atoms. The first-order chi connectivity index (χ1) is 9.11. The number of methoxy groups -OCH3 is 1. The van der Waals surface area contributed by atoms with E-state index in [9.17, 15) is 4.79 Å². The van der Waals surface area contributed by atoms with E-state index in [0.29, 0.717) is 11.4 Å². The molecule has 0 saturated heterocycles. The first kappa shape index (κ1) is 12.8. The minimum Gasteiger partial charge on any atom is -0.463 e. The van der Waals surface area contributed by atoms with Crippen molar-refractivity contribution in [2.24, 2.45) is 0 Å². The van der Waals surface area contributed by atoms with Crippen LogP contribution in [0.5, 0.6) is 11.6 Å². The van der Waals surface area contributed by atoms with Crippen LogP contribution in [0, 0.1) is 6.92 Å². The molecule has 19 heavy (non-hydrogen) atoms. The number of aryl methyl sites for hydroxylation is 1. The molecule has 6 heteroatoms. The molecule has 0 fully saturated rings. The Kier molecular flexibility index (Phi) is 3.61. The third-order valence-electron chi connectivity index (χ3n) is 2.50. The minimum atomic E-state index is -0.623. The molecule has 1 aromatic heterocycles. The van der Waals surface area contributed by atoms with Crippen molar-refractivity contribution >= 4 is 11.7 Å². The van der Waals surface area contributed by atoms with E-state index >= 15 is 0 Å². The molecule has 1 aromatic carbocycles. The summed E-state index contributed by atoms with van der Waals surface area (Å²) < 4.78 is 10.1. The van der Waals surface area contributed by atoms with Crippen LogP contribution in [0.2, 0.25) is 0 Å². The van der Waals surface area contributed by atoms with Crippen molar-refractivity contribution in [2.45, 2.75) is 6.92 Å². The number of carbonyl (C=O) groups excluding carboxylic acids is 1. The molecule has 0 aliphatic rings. The van der Waals surface area contributed by atoms with Crippen LogP contribution in [0.4, 0.5) is 5.69 Å². The first-order valence-corrected chi connectivity index (χ1v) is 5.56. The number of hydrogen-bond acceptors (Lipinski definition) is 6. The number of para-hydroxylation sites is 1. The monoisotopic (exact) mass is 259 g/mol. The quantitative estimate of drug-likeness (QED) is 0.669. The lowest BCUT2D eigenvalue weighted by Crippen LogP contribution is -2.07. The van der Waals surface area contributed by atoms with Gasteiger partial charge in [-0.25, -0.2) is 9.78 Å². The molecule has 2 rings (SSSR count). The van der Waals surface area contributed by atoms with Crippen molar-refractivity contribution in [3.8, 4) is 11.6 Å². The van der Waals surface area contributed by atoms with Crippen molar-refractivity contribution in [1.29, 1.82) is 0 Å². The molecule has 1 heterocycles. The first-order valence-electron chi connectivity index (χ1n) is 5.56. The molecule has 6 nitrogen and oxygen atoms in total. The third kappa shape index (κ3) is 2.79. The Morgan fingerprint density at radius 3 is 2.84 bits per heavy atom. The number of aromatic nitrogens is 2. The molecule has 98 valence electrons. The fourth-order valence-corrected chi connectivity index (χ4v) is 1.44. The van der Waals surface area contributed by atoms with E-state index in [4.69, 9.17) is 10.5 Å². The normalized spacial score (nSPS) is 10.0. The highest BCUT2D eigenvalue weighted by atomic mass is 16.5. The highest BCUT2D eigenvalue weighted by molar-refractivity contribution is 5.85. The second-order valence-electron chi connectivity index (χ2n) is 3.80. The number of benzene rings is 1. The number of esters is 1. The van der Waals surface area contributed by atoms with Gasteiger partial charge in [0, 0.05) is 12.3 Å². The van der Waals surface area contributed by atoms with Crippen molar-refractivity contribution in [1.82, 2.24) is 9.97 Å². The second kappa shape index (κ2) is 5.34. The van der Waals surface area contributed by atoms with Crippen LogP contribution >= 0.6 is 0 Å². The largest absolute Gasteiger partial charge is 0.463 e. The SMILES string of the molecule is COC(=O)c1nccc(Oc2cccc(C)c2N)n1. The molecule has 0 aliphatic heterocycles. The Morgan fingerprint density at radius 2 is 2.11 bits per heavy atom. The van der Waals surface area contributed by atoms with Gasteiger partial charge in [-0.1, -0.05) is 12.1 Å². The fourth-order valence-electron chi connectivity index (χ4n) is 1.44. The Labute approximate surface area is 110 Å². The van der Waals surface area contributed by atoms with Crippen LogP contribution in [-0.4, -0.2) is 23.0 Å². The smallest absolute Gasteiger partial charge is 0.376 e. The minimum absolute atomic E-state index is 0.0637. The van der Waals surface area contributed by atoms with Gasteiger partial charge in [-0.15, -0.1) is 0 Å². The molecular formula is C13H13N3O3. The second-order valence-corrected chi connectivity index (χ2v) is 3.80. The lowest BCUT2D eigenvalue weighted by atomic mass is 10.2. The van der Waals surface area contributed by atoms with Gasteiger partial charge in [-0.2, -0.15) is 4.98 Å². The van der Waals surface area contributed by atoms with E-state index in [-0.39, 0.29) is 11.7 Å². The Morgan fingerprint density at radius 1 is 1.32 bits per heavy atom. The maximum Gasteiger partial charge on any atom is 0.376 e. The summed E-state index contributed by atoms with van der Waals surface area (Å²) in [6.45, 7) is 1.88. The highest BCUT2D eigenvalue weighted by Crippen LogP contribution is 2.28. The van der Waals surface area contributed by atoms with Crippen molar-refractivity contribution < 1.29 is 14.3 Å². The van der Waals surface area contributed by atoms with Gasteiger partial charge in [0.15, 0.2) is 5.75 Å². The molecule has 0 atom stereocenters. The van der Waals surface area contributed by atoms with Crippen LogP contribution in [0.25, 0.3) is 0 Å². The van der Waals surface area contributed by atoms with Gasteiger partial charge in [-0.05, 0) is 18.6 Å². The molecule has 0 unspecified atom stereocenters. The van der Waals surface area contributed by atoms with Gasteiger partial charge in [0.1, 0.15) is 0 Å². The zero-order valence-electron chi connectivity index (χ0n) is 10.6. The molecular weight excluding hydrogens is 246 g/mol. The lowest BCUT2D eigenvalue weighted by Gasteiger charge is -2.09.